The second kappa shape index (κ2) is 7.62. The second-order valence-corrected chi connectivity index (χ2v) is 9.74. The van der Waals surface area contributed by atoms with Gasteiger partial charge in [0.2, 0.25) is 10.0 Å². The Morgan fingerprint density at radius 2 is 1.85 bits per heavy atom. The fraction of sp³-hybridized carbons (Fsp3) is 0.167. The van der Waals surface area contributed by atoms with Gasteiger partial charge in [0.1, 0.15) is 5.82 Å². The van der Waals surface area contributed by atoms with Crippen LogP contribution >= 0.6 is 0 Å². The fourth-order valence-corrected chi connectivity index (χ4v) is 5.27. The average molecular weight is 460 g/mol. The Morgan fingerprint density at radius 3 is 2.55 bits per heavy atom. The molecule has 166 valence electrons. The van der Waals surface area contributed by atoms with E-state index in [4.69, 9.17) is 10.9 Å². The summed E-state index contributed by atoms with van der Waals surface area (Å²) in [7, 11) is -3.85. The largest absolute Gasteiger partial charge is 0.384 e. The van der Waals surface area contributed by atoms with Gasteiger partial charge in [-0.05, 0) is 66.3 Å². The van der Waals surface area contributed by atoms with Crippen molar-refractivity contribution in [1.82, 2.24) is 4.98 Å². The highest BCUT2D eigenvalue weighted by molar-refractivity contribution is 7.89. The highest BCUT2D eigenvalue weighted by Gasteiger charge is 2.40. The van der Waals surface area contributed by atoms with Crippen molar-refractivity contribution in [2.75, 3.05) is 4.90 Å². The van der Waals surface area contributed by atoms with Gasteiger partial charge in [0.15, 0.2) is 5.78 Å². The number of carbonyl (C=O) groups excluding carboxylic acids is 1. The molecular weight excluding hydrogens is 438 g/mol. The second-order valence-electron chi connectivity index (χ2n) is 8.18. The van der Waals surface area contributed by atoms with E-state index in [9.17, 15) is 18.5 Å². The van der Waals surface area contributed by atoms with Crippen molar-refractivity contribution in [3.8, 4) is 6.07 Å². The Bertz CT molecular complexity index is 1510. The molecular formula is C24H21N5O3S. The number of nitriles is 1. The number of sulfonamides is 1. The number of allylic oxidation sites excluding steroid dienone is 3. The van der Waals surface area contributed by atoms with Crippen molar-refractivity contribution < 1.29 is 13.2 Å². The Balaban J connectivity index is 1.71. The Morgan fingerprint density at radius 1 is 1.09 bits per heavy atom. The summed E-state index contributed by atoms with van der Waals surface area (Å²) in [5.41, 5.74) is 10.5. The van der Waals surface area contributed by atoms with E-state index in [2.05, 4.69) is 11.1 Å². The molecule has 0 fully saturated rings. The number of hydrogen-bond acceptors (Lipinski definition) is 6. The van der Waals surface area contributed by atoms with Crippen LogP contribution in [0.4, 0.5) is 5.69 Å². The van der Waals surface area contributed by atoms with Crippen LogP contribution in [0.1, 0.15) is 30.7 Å². The zero-order valence-electron chi connectivity index (χ0n) is 17.6. The minimum absolute atomic E-state index is 0.0122. The van der Waals surface area contributed by atoms with Crippen LogP contribution in [-0.4, -0.2) is 19.2 Å². The van der Waals surface area contributed by atoms with Gasteiger partial charge in [-0.3, -0.25) is 9.69 Å². The van der Waals surface area contributed by atoms with Crippen molar-refractivity contribution >= 4 is 32.4 Å². The molecule has 0 saturated heterocycles. The Hall–Kier alpha value is -3.87. The van der Waals surface area contributed by atoms with Gasteiger partial charge in [-0.25, -0.2) is 13.6 Å². The third-order valence-corrected chi connectivity index (χ3v) is 7.18. The first-order chi connectivity index (χ1) is 15.8. The van der Waals surface area contributed by atoms with Gasteiger partial charge in [-0.1, -0.05) is 6.07 Å². The molecule has 0 amide bonds. The lowest BCUT2D eigenvalue weighted by atomic mass is 9.75. The number of rotatable bonds is 3. The molecule has 2 aromatic carbocycles. The number of carbonyl (C=O) groups is 1. The number of nitrogens with zero attached hydrogens (tertiary/aromatic N) is 2. The summed E-state index contributed by atoms with van der Waals surface area (Å²) in [5.74, 6) is -0.340. The van der Waals surface area contributed by atoms with E-state index >= 15 is 0 Å². The standard InChI is InChI=1S/C24H21N5O3S/c25-13-18-22(15-4-9-19-14(12-15)10-11-28-19)23-20(2-1-3-21(23)30)29(24(18)26)16-5-7-17(8-6-16)33(27,31)32/h4-12,22,28H,1-3,26H2,(H2,27,31,32). The van der Waals surface area contributed by atoms with E-state index in [1.165, 1.54) is 12.1 Å². The minimum atomic E-state index is -3.85. The lowest BCUT2D eigenvalue weighted by molar-refractivity contribution is -0.116. The smallest absolute Gasteiger partial charge is 0.238 e. The first-order valence-corrected chi connectivity index (χ1v) is 12.0. The van der Waals surface area contributed by atoms with Gasteiger partial charge in [0.25, 0.3) is 0 Å². The monoisotopic (exact) mass is 459 g/mol. The molecule has 1 aliphatic carbocycles. The predicted octanol–water partition coefficient (Wildman–Crippen LogP) is 3.12. The SMILES string of the molecule is N#CC1=C(N)N(c2ccc(S(N)(=O)=O)cc2)C2=C(C(=O)CCC2)C1c1ccc2[nH]ccc2c1. The van der Waals surface area contributed by atoms with Crippen LogP contribution < -0.4 is 15.8 Å². The molecule has 9 heteroatoms. The maximum atomic E-state index is 13.2. The molecule has 0 bridgehead atoms. The average Bonchev–Trinajstić information content (AvgIpc) is 3.26. The molecule has 1 aliphatic heterocycles. The molecule has 1 atom stereocenters. The van der Waals surface area contributed by atoms with E-state index in [1.807, 2.05) is 30.5 Å². The number of hydrogen-bond donors (Lipinski definition) is 3. The summed E-state index contributed by atoms with van der Waals surface area (Å²) in [4.78, 5) is 18.0. The van der Waals surface area contributed by atoms with Crippen LogP contribution in [0, 0.1) is 11.3 Å². The van der Waals surface area contributed by atoms with Gasteiger partial charge in [0, 0.05) is 35.1 Å². The fourth-order valence-electron chi connectivity index (χ4n) is 4.75. The zero-order chi connectivity index (χ0) is 23.3. The van der Waals surface area contributed by atoms with Crippen LogP contribution in [-0.2, 0) is 14.8 Å². The van der Waals surface area contributed by atoms with E-state index in [1.54, 1.807) is 17.0 Å². The summed E-state index contributed by atoms with van der Waals surface area (Å²) in [6.45, 7) is 0. The Labute approximate surface area is 190 Å². The van der Waals surface area contributed by atoms with Gasteiger partial charge >= 0.3 is 0 Å². The third-order valence-electron chi connectivity index (χ3n) is 6.25. The lowest BCUT2D eigenvalue weighted by Gasteiger charge is -2.39. The van der Waals surface area contributed by atoms with E-state index < -0.39 is 15.9 Å². The molecule has 2 aliphatic rings. The number of primary sulfonamides is 1. The van der Waals surface area contributed by atoms with Gasteiger partial charge in [-0.15, -0.1) is 0 Å². The summed E-state index contributed by atoms with van der Waals surface area (Å²) in [5, 5.41) is 16.3. The number of H-pyrrole nitrogens is 1. The number of anilines is 1. The molecule has 1 unspecified atom stereocenters. The summed E-state index contributed by atoms with van der Waals surface area (Å²) < 4.78 is 23.3. The number of nitrogens with one attached hydrogen (secondary N) is 1. The maximum absolute atomic E-state index is 13.2. The van der Waals surface area contributed by atoms with Crippen molar-refractivity contribution in [1.29, 1.82) is 5.26 Å². The Kier molecular flexibility index (Phi) is 4.85. The molecule has 8 nitrogen and oxygen atoms in total. The van der Waals surface area contributed by atoms with Gasteiger partial charge < -0.3 is 10.7 Å². The van der Waals surface area contributed by atoms with Crippen molar-refractivity contribution in [2.45, 2.75) is 30.1 Å². The number of fused-ring (bicyclic) bond motifs is 1. The molecule has 5 N–H and O–H groups in total. The lowest BCUT2D eigenvalue weighted by Crippen LogP contribution is -2.38. The molecule has 33 heavy (non-hydrogen) atoms. The number of nitrogens with two attached hydrogens (primary N) is 2. The van der Waals surface area contributed by atoms with Crippen LogP contribution in [0.2, 0.25) is 0 Å². The topological polar surface area (TPSA) is 146 Å². The normalized spacial score (nSPS) is 19.1. The summed E-state index contributed by atoms with van der Waals surface area (Å²) in [6, 6.07) is 15.9. The molecule has 0 saturated carbocycles. The van der Waals surface area contributed by atoms with Crippen molar-refractivity contribution in [3.05, 3.63) is 83.0 Å². The molecule has 1 aromatic heterocycles. The van der Waals surface area contributed by atoms with Crippen molar-refractivity contribution in [3.63, 3.8) is 0 Å². The quantitative estimate of drug-likeness (QED) is 0.548. The van der Waals surface area contributed by atoms with Crippen LogP contribution in [0.25, 0.3) is 10.9 Å². The number of ketones is 1. The first kappa shape index (κ1) is 21.0. The molecule has 0 spiro atoms. The maximum Gasteiger partial charge on any atom is 0.238 e. The zero-order valence-corrected chi connectivity index (χ0v) is 18.4. The number of Topliss-reactive ketones (excluding diaryl/α,β-unsaturated/α-hetero) is 1. The summed E-state index contributed by atoms with van der Waals surface area (Å²) in [6.07, 6.45) is 3.52. The highest BCUT2D eigenvalue weighted by atomic mass is 32.2. The highest BCUT2D eigenvalue weighted by Crippen LogP contribution is 2.46. The number of aromatic nitrogens is 1. The molecule has 0 radical (unpaired) electrons. The van der Waals surface area contributed by atoms with E-state index in [0.717, 1.165) is 22.2 Å². The predicted molar refractivity (Wildman–Crippen MR) is 124 cm³/mol. The van der Waals surface area contributed by atoms with E-state index in [0.29, 0.717) is 30.5 Å². The number of aromatic amines is 1. The molecule has 2 heterocycles. The van der Waals surface area contributed by atoms with E-state index in [-0.39, 0.29) is 22.1 Å². The minimum Gasteiger partial charge on any atom is -0.384 e. The van der Waals surface area contributed by atoms with Crippen LogP contribution in [0.3, 0.4) is 0 Å². The van der Waals surface area contributed by atoms with Gasteiger partial charge in [-0.2, -0.15) is 5.26 Å². The van der Waals surface area contributed by atoms with Crippen LogP contribution in [0.5, 0.6) is 0 Å². The third kappa shape index (κ3) is 3.40. The van der Waals surface area contributed by atoms with Gasteiger partial charge in [0.05, 0.1) is 22.5 Å². The van der Waals surface area contributed by atoms with Crippen LogP contribution in [0.15, 0.2) is 82.3 Å². The first-order valence-electron chi connectivity index (χ1n) is 10.5. The van der Waals surface area contributed by atoms with Crippen molar-refractivity contribution in [2.24, 2.45) is 10.9 Å². The number of benzene rings is 2. The summed E-state index contributed by atoms with van der Waals surface area (Å²) >= 11 is 0. The molecule has 3 aromatic rings. The molecule has 5 rings (SSSR count).